The van der Waals surface area contributed by atoms with Gasteiger partial charge in [-0.15, -0.1) is 0 Å². The summed E-state index contributed by atoms with van der Waals surface area (Å²) in [5.41, 5.74) is 5.31. The van der Waals surface area contributed by atoms with E-state index in [4.69, 9.17) is 0 Å². The van der Waals surface area contributed by atoms with Crippen molar-refractivity contribution < 1.29 is 0 Å². The van der Waals surface area contributed by atoms with Gasteiger partial charge in [0.05, 0.1) is 6.04 Å². The molecule has 0 radical (unpaired) electrons. The first kappa shape index (κ1) is 13.7. The lowest BCUT2D eigenvalue weighted by Gasteiger charge is -2.22. The molecule has 1 unspecified atom stereocenters. The highest BCUT2D eigenvalue weighted by Gasteiger charge is 2.11. The van der Waals surface area contributed by atoms with Crippen LogP contribution in [0.2, 0.25) is 0 Å². The van der Waals surface area contributed by atoms with Gasteiger partial charge >= 0.3 is 0 Å². The van der Waals surface area contributed by atoms with E-state index >= 15 is 0 Å². The molecule has 0 saturated carbocycles. The molecule has 0 bridgehead atoms. The van der Waals surface area contributed by atoms with Gasteiger partial charge in [-0.3, -0.25) is 0 Å². The van der Waals surface area contributed by atoms with Crippen LogP contribution in [0.1, 0.15) is 42.5 Å². The molecule has 0 amide bonds. The molecule has 2 aromatic rings. The van der Waals surface area contributed by atoms with Crippen LogP contribution in [0.15, 0.2) is 48.5 Å². The van der Waals surface area contributed by atoms with E-state index in [1.807, 2.05) is 0 Å². The van der Waals surface area contributed by atoms with Crippen LogP contribution < -0.4 is 5.32 Å². The van der Waals surface area contributed by atoms with E-state index in [1.165, 1.54) is 28.8 Å². The summed E-state index contributed by atoms with van der Waals surface area (Å²) < 4.78 is 0. The van der Waals surface area contributed by atoms with Gasteiger partial charge in [-0.1, -0.05) is 55.8 Å². The van der Waals surface area contributed by atoms with Gasteiger partial charge in [0, 0.05) is 5.69 Å². The van der Waals surface area contributed by atoms with Crippen LogP contribution in [0.25, 0.3) is 0 Å². The molecule has 0 fully saturated rings. The molecule has 1 nitrogen and oxygen atoms in total. The normalized spacial score (nSPS) is 12.2. The fraction of sp³-hybridized carbons (Fsp3) is 0.333. The summed E-state index contributed by atoms with van der Waals surface area (Å²) in [4.78, 5) is 0. The maximum absolute atomic E-state index is 3.71. The summed E-state index contributed by atoms with van der Waals surface area (Å²) in [7, 11) is 0. The lowest BCUT2D eigenvalue weighted by atomic mass is 10.0. The molecule has 0 saturated heterocycles. The predicted octanol–water partition coefficient (Wildman–Crippen LogP) is 5.26. The Bertz CT molecular complexity index is 516. The van der Waals surface area contributed by atoms with Gasteiger partial charge in [-0.2, -0.15) is 0 Å². The van der Waals surface area contributed by atoms with Crippen molar-refractivity contribution in [3.05, 3.63) is 65.2 Å². The van der Waals surface area contributed by atoms with E-state index in [0.29, 0.717) is 6.04 Å². The van der Waals surface area contributed by atoms with Crippen molar-refractivity contribution in [2.75, 3.05) is 5.32 Å². The van der Waals surface area contributed by atoms with Crippen molar-refractivity contribution in [1.82, 2.24) is 0 Å². The van der Waals surface area contributed by atoms with Crippen molar-refractivity contribution in [2.24, 2.45) is 0 Å². The van der Waals surface area contributed by atoms with E-state index in [0.717, 1.165) is 6.42 Å². The Kier molecular flexibility index (Phi) is 4.62. The molecule has 0 aliphatic carbocycles. The predicted molar refractivity (Wildman–Crippen MR) is 83.6 cm³/mol. The van der Waals surface area contributed by atoms with Gasteiger partial charge in [0.25, 0.3) is 0 Å². The number of hydrogen-bond acceptors (Lipinski definition) is 1. The maximum Gasteiger partial charge on any atom is 0.0513 e. The van der Waals surface area contributed by atoms with E-state index in [1.54, 1.807) is 0 Å². The molecular weight excluding hydrogens is 230 g/mol. The molecule has 19 heavy (non-hydrogen) atoms. The smallest absolute Gasteiger partial charge is 0.0513 e. The monoisotopic (exact) mass is 253 g/mol. The van der Waals surface area contributed by atoms with Gasteiger partial charge in [0.1, 0.15) is 0 Å². The first-order valence-electron chi connectivity index (χ1n) is 7.10. The lowest BCUT2D eigenvalue weighted by Crippen LogP contribution is -2.11. The van der Waals surface area contributed by atoms with Crippen molar-refractivity contribution in [1.29, 1.82) is 0 Å². The SMILES string of the molecule is CCCC(Nc1cccc(C)c1C)c1ccccc1. The zero-order valence-corrected chi connectivity index (χ0v) is 12.1. The quantitative estimate of drug-likeness (QED) is 0.766. The maximum atomic E-state index is 3.71. The molecule has 0 aromatic heterocycles. The Hall–Kier alpha value is -1.76. The summed E-state index contributed by atoms with van der Waals surface area (Å²) in [6, 6.07) is 17.6. The summed E-state index contributed by atoms with van der Waals surface area (Å²) in [6.07, 6.45) is 2.33. The van der Waals surface area contributed by atoms with Crippen molar-refractivity contribution in [2.45, 2.75) is 39.7 Å². The Morgan fingerprint density at radius 1 is 0.947 bits per heavy atom. The standard InChI is InChI=1S/C18H23N/c1-4-9-18(16-11-6-5-7-12-16)19-17-13-8-10-14(2)15(17)3/h5-8,10-13,18-19H,4,9H2,1-3H3. The van der Waals surface area contributed by atoms with E-state index < -0.39 is 0 Å². The minimum atomic E-state index is 0.395. The summed E-state index contributed by atoms with van der Waals surface area (Å²) >= 11 is 0. The molecule has 2 aromatic carbocycles. The third-order valence-electron chi connectivity index (χ3n) is 3.71. The highest BCUT2D eigenvalue weighted by atomic mass is 14.9. The Labute approximate surface area is 116 Å². The second-order valence-electron chi connectivity index (χ2n) is 5.14. The third-order valence-corrected chi connectivity index (χ3v) is 3.71. The Morgan fingerprint density at radius 2 is 1.68 bits per heavy atom. The van der Waals surface area contributed by atoms with Crippen LogP contribution in [0.5, 0.6) is 0 Å². The zero-order valence-electron chi connectivity index (χ0n) is 12.1. The minimum Gasteiger partial charge on any atom is -0.378 e. The largest absolute Gasteiger partial charge is 0.378 e. The minimum absolute atomic E-state index is 0.395. The van der Waals surface area contributed by atoms with Gasteiger partial charge in [0.2, 0.25) is 0 Å². The average Bonchev–Trinajstić information content (AvgIpc) is 2.44. The van der Waals surface area contributed by atoms with E-state index in [-0.39, 0.29) is 0 Å². The highest BCUT2D eigenvalue weighted by Crippen LogP contribution is 2.27. The van der Waals surface area contributed by atoms with Crippen molar-refractivity contribution in [3.63, 3.8) is 0 Å². The molecule has 1 N–H and O–H groups in total. The van der Waals surface area contributed by atoms with Crippen LogP contribution in [-0.2, 0) is 0 Å². The molecule has 0 aliphatic heterocycles. The number of rotatable bonds is 5. The van der Waals surface area contributed by atoms with E-state index in [9.17, 15) is 0 Å². The first-order chi connectivity index (χ1) is 9.22. The summed E-state index contributed by atoms with van der Waals surface area (Å²) in [5.74, 6) is 0. The lowest BCUT2D eigenvalue weighted by molar-refractivity contribution is 0.677. The van der Waals surface area contributed by atoms with Gasteiger partial charge in [-0.05, 0) is 43.0 Å². The van der Waals surface area contributed by atoms with Gasteiger partial charge in [-0.25, -0.2) is 0 Å². The van der Waals surface area contributed by atoms with Crippen LogP contribution in [0.3, 0.4) is 0 Å². The van der Waals surface area contributed by atoms with Crippen molar-refractivity contribution >= 4 is 5.69 Å². The molecule has 0 spiro atoms. The topological polar surface area (TPSA) is 12.0 Å². The highest BCUT2D eigenvalue weighted by molar-refractivity contribution is 5.55. The van der Waals surface area contributed by atoms with Crippen LogP contribution in [-0.4, -0.2) is 0 Å². The fourth-order valence-electron chi connectivity index (χ4n) is 2.39. The second kappa shape index (κ2) is 6.42. The molecular formula is C18H23N. The molecule has 1 heteroatoms. The number of hydrogen-bond donors (Lipinski definition) is 1. The Morgan fingerprint density at radius 3 is 2.37 bits per heavy atom. The number of nitrogens with one attached hydrogen (secondary N) is 1. The molecule has 1 atom stereocenters. The van der Waals surface area contributed by atoms with Gasteiger partial charge in [0.15, 0.2) is 0 Å². The van der Waals surface area contributed by atoms with E-state index in [2.05, 4.69) is 74.6 Å². The zero-order chi connectivity index (χ0) is 13.7. The molecule has 0 heterocycles. The van der Waals surface area contributed by atoms with Crippen LogP contribution in [0.4, 0.5) is 5.69 Å². The number of anilines is 1. The molecule has 100 valence electrons. The Balaban J connectivity index is 2.24. The molecule has 0 aliphatic rings. The first-order valence-corrected chi connectivity index (χ1v) is 7.10. The summed E-state index contributed by atoms with van der Waals surface area (Å²) in [6.45, 7) is 6.59. The fourth-order valence-corrected chi connectivity index (χ4v) is 2.39. The number of benzene rings is 2. The second-order valence-corrected chi connectivity index (χ2v) is 5.14. The summed E-state index contributed by atoms with van der Waals surface area (Å²) in [5, 5.41) is 3.71. The average molecular weight is 253 g/mol. The van der Waals surface area contributed by atoms with Crippen molar-refractivity contribution in [3.8, 4) is 0 Å². The number of aryl methyl sites for hydroxylation is 1. The third kappa shape index (κ3) is 3.37. The molecule has 2 rings (SSSR count). The van der Waals surface area contributed by atoms with Crippen LogP contribution in [0, 0.1) is 13.8 Å². The van der Waals surface area contributed by atoms with Gasteiger partial charge < -0.3 is 5.32 Å². The van der Waals surface area contributed by atoms with Crippen LogP contribution >= 0.6 is 0 Å².